The van der Waals surface area contributed by atoms with Crippen LogP contribution >= 0.6 is 0 Å². The molecule has 0 unspecified atom stereocenters. The molecule has 2 aromatic heterocycles. The minimum Gasteiger partial charge on any atom is -0.483 e. The van der Waals surface area contributed by atoms with E-state index in [1.807, 2.05) is 30.3 Å². The smallest absolute Gasteiger partial charge is 0.246 e. The highest BCUT2D eigenvalue weighted by molar-refractivity contribution is 5.86. The fourth-order valence-corrected chi connectivity index (χ4v) is 2.04. The first-order valence-corrected chi connectivity index (χ1v) is 6.22. The van der Waals surface area contributed by atoms with Crippen LogP contribution in [-0.4, -0.2) is 4.98 Å². The van der Waals surface area contributed by atoms with Crippen LogP contribution in [0.2, 0.25) is 0 Å². The van der Waals surface area contributed by atoms with E-state index in [0.29, 0.717) is 22.6 Å². The molecule has 0 saturated heterocycles. The van der Waals surface area contributed by atoms with Crippen LogP contribution in [0.5, 0.6) is 5.75 Å². The van der Waals surface area contributed by atoms with Crippen molar-refractivity contribution in [1.29, 1.82) is 10.5 Å². The lowest BCUT2D eigenvalue weighted by Crippen LogP contribution is -2.00. The number of nitrogens with zero attached hydrogens (tertiary/aromatic N) is 3. The van der Waals surface area contributed by atoms with Crippen LogP contribution in [0.1, 0.15) is 17.0 Å². The summed E-state index contributed by atoms with van der Waals surface area (Å²) < 4.78 is 11.1. The summed E-state index contributed by atoms with van der Waals surface area (Å²) in [6, 6.07) is 14.8. The summed E-state index contributed by atoms with van der Waals surface area (Å²) in [5, 5.41) is 18.9. The molecule has 21 heavy (non-hydrogen) atoms. The van der Waals surface area contributed by atoms with E-state index >= 15 is 0 Å². The number of fused-ring (bicyclic) bond motifs is 1. The Morgan fingerprint density at radius 2 is 1.95 bits per heavy atom. The van der Waals surface area contributed by atoms with Crippen molar-refractivity contribution in [3.05, 3.63) is 59.6 Å². The molecule has 2 heterocycles. The first kappa shape index (κ1) is 12.7. The van der Waals surface area contributed by atoms with Crippen LogP contribution < -0.4 is 4.74 Å². The topological polar surface area (TPSA) is 82.8 Å². The van der Waals surface area contributed by atoms with Crippen LogP contribution in [0.15, 0.2) is 47.0 Å². The van der Waals surface area contributed by atoms with Gasteiger partial charge in [-0.25, -0.2) is 4.98 Å². The molecule has 0 fully saturated rings. The lowest BCUT2D eigenvalue weighted by Gasteiger charge is -2.05. The minimum absolute atomic E-state index is 0.124. The van der Waals surface area contributed by atoms with Crippen LogP contribution in [0.25, 0.3) is 11.0 Å². The molecule has 100 valence electrons. The van der Waals surface area contributed by atoms with Crippen molar-refractivity contribution < 1.29 is 9.15 Å². The number of rotatable bonds is 3. The first-order chi connectivity index (χ1) is 10.3. The van der Waals surface area contributed by atoms with Gasteiger partial charge in [0, 0.05) is 11.8 Å². The van der Waals surface area contributed by atoms with Gasteiger partial charge in [0.15, 0.2) is 5.75 Å². The number of pyridine rings is 1. The number of furan rings is 1. The fourth-order valence-electron chi connectivity index (χ4n) is 2.04. The molecule has 0 saturated carbocycles. The first-order valence-electron chi connectivity index (χ1n) is 6.22. The molecule has 0 spiro atoms. The maximum Gasteiger partial charge on any atom is 0.246 e. The van der Waals surface area contributed by atoms with Gasteiger partial charge in [0.2, 0.25) is 5.76 Å². The zero-order valence-electron chi connectivity index (χ0n) is 10.9. The molecule has 0 bridgehead atoms. The van der Waals surface area contributed by atoms with Crippen molar-refractivity contribution >= 4 is 11.0 Å². The van der Waals surface area contributed by atoms with E-state index in [-0.39, 0.29) is 12.4 Å². The molecule has 0 aliphatic carbocycles. The monoisotopic (exact) mass is 275 g/mol. The molecule has 0 amide bonds. The van der Waals surface area contributed by atoms with Crippen molar-refractivity contribution in [2.24, 2.45) is 0 Å². The van der Waals surface area contributed by atoms with Crippen molar-refractivity contribution in [1.82, 2.24) is 4.98 Å². The highest BCUT2D eigenvalue weighted by atomic mass is 16.5. The number of ether oxygens (including phenoxy) is 1. The Balaban J connectivity index is 1.96. The van der Waals surface area contributed by atoms with E-state index < -0.39 is 0 Å². The quantitative estimate of drug-likeness (QED) is 0.733. The Bertz CT molecular complexity index is 884. The minimum atomic E-state index is 0.124. The number of para-hydroxylation sites is 1. The Morgan fingerprint density at radius 3 is 2.76 bits per heavy atom. The second-order valence-electron chi connectivity index (χ2n) is 4.28. The predicted molar refractivity (Wildman–Crippen MR) is 74.2 cm³/mol. The Hall–Kier alpha value is -3.31. The molecule has 0 aliphatic heterocycles. The number of nitriles is 2. The highest BCUT2D eigenvalue weighted by Crippen LogP contribution is 2.33. The second kappa shape index (κ2) is 5.36. The van der Waals surface area contributed by atoms with Crippen molar-refractivity contribution in [3.63, 3.8) is 0 Å². The van der Waals surface area contributed by atoms with E-state index in [9.17, 15) is 0 Å². The van der Waals surface area contributed by atoms with Crippen LogP contribution in [0, 0.1) is 22.7 Å². The number of benzene rings is 1. The van der Waals surface area contributed by atoms with Crippen molar-refractivity contribution in [2.45, 2.75) is 6.61 Å². The van der Waals surface area contributed by atoms with Crippen molar-refractivity contribution in [2.75, 3.05) is 0 Å². The number of hydrogen-bond donors (Lipinski definition) is 0. The molecule has 3 aromatic rings. The van der Waals surface area contributed by atoms with Gasteiger partial charge in [-0.2, -0.15) is 10.5 Å². The molecule has 3 rings (SSSR count). The predicted octanol–water partition coefficient (Wildman–Crippen LogP) is 3.15. The van der Waals surface area contributed by atoms with Gasteiger partial charge in [-0.15, -0.1) is 0 Å². The molecule has 0 radical (unpaired) electrons. The van der Waals surface area contributed by atoms with Gasteiger partial charge in [-0.05, 0) is 18.2 Å². The maximum atomic E-state index is 9.13. The molecule has 0 atom stereocenters. The third kappa shape index (κ3) is 2.29. The van der Waals surface area contributed by atoms with Gasteiger partial charge in [0.05, 0.1) is 5.39 Å². The van der Waals surface area contributed by atoms with E-state index in [2.05, 4.69) is 4.98 Å². The summed E-state index contributed by atoms with van der Waals surface area (Å²) in [5.74, 6) is 0.513. The SMILES string of the molecule is N#Cc1ncccc1COc1c(C#N)oc2ccccc12. The summed E-state index contributed by atoms with van der Waals surface area (Å²) in [4.78, 5) is 3.97. The summed E-state index contributed by atoms with van der Waals surface area (Å²) >= 11 is 0. The van der Waals surface area contributed by atoms with Gasteiger partial charge in [-0.3, -0.25) is 0 Å². The molecular weight excluding hydrogens is 266 g/mol. The lowest BCUT2D eigenvalue weighted by molar-refractivity contribution is 0.303. The third-order valence-corrected chi connectivity index (χ3v) is 3.02. The van der Waals surface area contributed by atoms with Gasteiger partial charge in [-0.1, -0.05) is 18.2 Å². The summed E-state index contributed by atoms with van der Waals surface area (Å²) in [6.45, 7) is 0.148. The second-order valence-corrected chi connectivity index (χ2v) is 4.28. The van der Waals surface area contributed by atoms with Gasteiger partial charge in [0.25, 0.3) is 0 Å². The summed E-state index contributed by atoms with van der Waals surface area (Å²) in [6.07, 6.45) is 1.55. The largest absolute Gasteiger partial charge is 0.483 e. The number of aromatic nitrogens is 1. The normalized spacial score (nSPS) is 10.0. The van der Waals surface area contributed by atoms with Gasteiger partial charge < -0.3 is 9.15 Å². The summed E-state index contributed by atoms with van der Waals surface area (Å²) in [7, 11) is 0. The molecule has 0 aliphatic rings. The van der Waals surface area contributed by atoms with Crippen LogP contribution in [0.3, 0.4) is 0 Å². The van der Waals surface area contributed by atoms with Crippen LogP contribution in [0.4, 0.5) is 0 Å². The van der Waals surface area contributed by atoms with Gasteiger partial charge in [0.1, 0.15) is 30.0 Å². The maximum absolute atomic E-state index is 9.13. The Morgan fingerprint density at radius 1 is 1.10 bits per heavy atom. The van der Waals surface area contributed by atoms with Crippen molar-refractivity contribution in [3.8, 4) is 17.9 Å². The van der Waals surface area contributed by atoms with E-state index in [0.717, 1.165) is 5.39 Å². The molecular formula is C16H9N3O2. The zero-order chi connectivity index (χ0) is 14.7. The van der Waals surface area contributed by atoms with Crippen LogP contribution in [-0.2, 0) is 6.61 Å². The average Bonchev–Trinajstić information content (AvgIpc) is 2.91. The third-order valence-electron chi connectivity index (χ3n) is 3.02. The standard InChI is InChI=1S/C16H9N3O2/c17-8-13-11(4-3-7-19-13)10-20-16-12-5-1-2-6-14(12)21-15(16)9-18/h1-7H,10H2. The molecule has 0 N–H and O–H groups in total. The lowest BCUT2D eigenvalue weighted by atomic mass is 10.2. The Labute approximate surface area is 120 Å². The van der Waals surface area contributed by atoms with E-state index in [1.54, 1.807) is 24.4 Å². The Kier molecular flexibility index (Phi) is 3.24. The molecule has 1 aromatic carbocycles. The zero-order valence-corrected chi connectivity index (χ0v) is 10.9. The van der Waals surface area contributed by atoms with Gasteiger partial charge >= 0.3 is 0 Å². The van der Waals surface area contributed by atoms with E-state index in [1.165, 1.54) is 0 Å². The summed E-state index contributed by atoms with van der Waals surface area (Å²) in [5.41, 5.74) is 1.56. The molecule has 5 nitrogen and oxygen atoms in total. The number of hydrogen-bond acceptors (Lipinski definition) is 5. The van der Waals surface area contributed by atoms with E-state index in [4.69, 9.17) is 19.7 Å². The molecule has 5 heteroatoms. The fraction of sp³-hybridized carbons (Fsp3) is 0.0625. The highest BCUT2D eigenvalue weighted by Gasteiger charge is 2.15. The average molecular weight is 275 g/mol.